The second-order valence-corrected chi connectivity index (χ2v) is 10.0. The maximum Gasteiger partial charge on any atom is 0.301 e. The molecular formula is C27H21ClN2O5S. The fourth-order valence-corrected chi connectivity index (χ4v) is 5.40. The lowest BCUT2D eigenvalue weighted by atomic mass is 9.95. The Labute approximate surface area is 215 Å². The van der Waals surface area contributed by atoms with Crippen LogP contribution in [0.15, 0.2) is 72.3 Å². The van der Waals surface area contributed by atoms with Crippen LogP contribution < -0.4 is 9.64 Å². The fraction of sp³-hybridized carbons (Fsp3) is 0.148. The van der Waals surface area contributed by atoms with E-state index in [9.17, 15) is 19.8 Å². The molecule has 1 amide bonds. The third kappa shape index (κ3) is 4.29. The van der Waals surface area contributed by atoms with E-state index in [1.807, 2.05) is 13.8 Å². The molecule has 2 N–H and O–H groups in total. The highest BCUT2D eigenvalue weighted by Crippen LogP contribution is 2.45. The molecule has 1 unspecified atom stereocenters. The van der Waals surface area contributed by atoms with E-state index in [-0.39, 0.29) is 23.2 Å². The van der Waals surface area contributed by atoms with Crippen molar-refractivity contribution in [2.75, 3.05) is 4.90 Å². The Morgan fingerprint density at radius 2 is 1.83 bits per heavy atom. The molecule has 0 radical (unpaired) electrons. The van der Waals surface area contributed by atoms with E-state index in [0.717, 1.165) is 4.70 Å². The molecule has 0 bridgehead atoms. The molecule has 1 aliphatic rings. The number of Topliss-reactive ketones (excluding diaryl/α,β-unsaturated/α-hetero) is 1. The molecule has 182 valence electrons. The van der Waals surface area contributed by atoms with Gasteiger partial charge in [0.15, 0.2) is 5.13 Å². The highest BCUT2D eigenvalue weighted by atomic mass is 35.5. The lowest BCUT2D eigenvalue weighted by Gasteiger charge is -2.23. The first-order chi connectivity index (χ1) is 17.2. The third-order valence-electron chi connectivity index (χ3n) is 5.68. The lowest BCUT2D eigenvalue weighted by molar-refractivity contribution is -0.132. The monoisotopic (exact) mass is 520 g/mol. The molecule has 1 aromatic heterocycles. The van der Waals surface area contributed by atoms with Crippen LogP contribution in [-0.2, 0) is 9.59 Å². The molecule has 1 aliphatic heterocycles. The number of carbonyl (C=O) groups excluding carboxylic acids is 2. The summed E-state index contributed by atoms with van der Waals surface area (Å²) >= 11 is 7.34. The van der Waals surface area contributed by atoms with Crippen LogP contribution in [0, 0.1) is 0 Å². The molecular weight excluding hydrogens is 500 g/mol. The zero-order chi connectivity index (χ0) is 25.6. The van der Waals surface area contributed by atoms with E-state index >= 15 is 0 Å². The molecule has 3 aromatic carbocycles. The number of hydrogen-bond acceptors (Lipinski definition) is 7. The first kappa shape index (κ1) is 23.8. The van der Waals surface area contributed by atoms with E-state index in [1.165, 1.54) is 28.4 Å². The average molecular weight is 521 g/mol. The number of rotatable bonds is 5. The number of halogens is 1. The number of carbonyl (C=O) groups is 2. The van der Waals surface area contributed by atoms with Gasteiger partial charge in [-0.3, -0.25) is 14.5 Å². The van der Waals surface area contributed by atoms with Crippen LogP contribution in [0.4, 0.5) is 5.13 Å². The fourth-order valence-electron chi connectivity index (χ4n) is 4.14. The number of phenols is 1. The van der Waals surface area contributed by atoms with E-state index < -0.39 is 17.7 Å². The maximum atomic E-state index is 13.4. The van der Waals surface area contributed by atoms with Crippen molar-refractivity contribution in [1.29, 1.82) is 0 Å². The Balaban J connectivity index is 1.69. The van der Waals surface area contributed by atoms with Crippen molar-refractivity contribution in [1.82, 2.24) is 4.98 Å². The van der Waals surface area contributed by atoms with Crippen molar-refractivity contribution in [3.05, 3.63) is 88.5 Å². The molecule has 0 aliphatic carbocycles. The molecule has 1 atom stereocenters. The van der Waals surface area contributed by atoms with E-state index in [1.54, 1.807) is 54.6 Å². The van der Waals surface area contributed by atoms with Crippen LogP contribution in [0.2, 0.25) is 5.02 Å². The standard InChI is InChI=1S/C27H21ClN2O5S/c1-14(2)35-19-5-3-4-16(12-19)24(32)22-23(15-6-9-18(31)10-7-15)30(26(34)25(22)33)27-29-20-11-8-17(28)13-21(20)36-27/h3-14,23,31-32H,1-2H3/b24-22+. The summed E-state index contributed by atoms with van der Waals surface area (Å²) in [5.41, 5.74) is 1.42. The number of benzene rings is 3. The van der Waals surface area contributed by atoms with Crippen molar-refractivity contribution >= 4 is 55.7 Å². The van der Waals surface area contributed by atoms with Gasteiger partial charge in [0.25, 0.3) is 5.78 Å². The number of ether oxygens (including phenoxy) is 1. The molecule has 9 heteroatoms. The van der Waals surface area contributed by atoms with Gasteiger partial charge in [-0.05, 0) is 61.9 Å². The van der Waals surface area contributed by atoms with Gasteiger partial charge in [0.05, 0.1) is 27.9 Å². The Bertz CT molecular complexity index is 1530. The van der Waals surface area contributed by atoms with Crippen LogP contribution in [-0.4, -0.2) is 33.0 Å². The predicted molar refractivity (Wildman–Crippen MR) is 140 cm³/mol. The Morgan fingerprint density at radius 3 is 2.56 bits per heavy atom. The number of phenolic OH excluding ortho intramolecular Hbond substituents is 1. The molecule has 36 heavy (non-hydrogen) atoms. The van der Waals surface area contributed by atoms with Crippen molar-refractivity contribution < 1.29 is 24.5 Å². The van der Waals surface area contributed by atoms with E-state index in [2.05, 4.69) is 4.98 Å². The molecule has 4 aromatic rings. The summed E-state index contributed by atoms with van der Waals surface area (Å²) in [4.78, 5) is 32.6. The van der Waals surface area contributed by atoms with E-state index in [0.29, 0.717) is 32.5 Å². The van der Waals surface area contributed by atoms with Gasteiger partial charge in [-0.2, -0.15) is 0 Å². The quantitative estimate of drug-likeness (QED) is 0.188. The Morgan fingerprint density at radius 1 is 1.08 bits per heavy atom. The summed E-state index contributed by atoms with van der Waals surface area (Å²) in [6.07, 6.45) is -0.0856. The van der Waals surface area contributed by atoms with Gasteiger partial charge in [-0.15, -0.1) is 0 Å². The minimum absolute atomic E-state index is 0.0314. The number of aliphatic hydroxyl groups is 1. The highest BCUT2D eigenvalue weighted by Gasteiger charge is 2.48. The first-order valence-corrected chi connectivity index (χ1v) is 12.4. The third-order valence-corrected chi connectivity index (χ3v) is 6.93. The number of amides is 1. The van der Waals surface area contributed by atoms with Crippen LogP contribution >= 0.6 is 22.9 Å². The zero-order valence-electron chi connectivity index (χ0n) is 19.3. The van der Waals surface area contributed by atoms with Gasteiger partial charge in [0.2, 0.25) is 0 Å². The minimum atomic E-state index is -0.962. The normalized spacial score (nSPS) is 17.3. The number of aromatic nitrogens is 1. The SMILES string of the molecule is CC(C)Oc1cccc(/C(O)=C2\C(=O)C(=O)N(c3nc4ccc(Cl)cc4s3)C2c2ccc(O)cc2)c1. The van der Waals surface area contributed by atoms with Crippen molar-refractivity contribution in [3.63, 3.8) is 0 Å². The second-order valence-electron chi connectivity index (χ2n) is 8.56. The van der Waals surface area contributed by atoms with Gasteiger partial charge in [-0.1, -0.05) is 47.2 Å². The first-order valence-electron chi connectivity index (χ1n) is 11.2. The minimum Gasteiger partial charge on any atom is -0.508 e. The Kier molecular flexibility index (Phi) is 6.15. The van der Waals surface area contributed by atoms with Crippen LogP contribution in [0.25, 0.3) is 16.0 Å². The molecule has 2 heterocycles. The summed E-state index contributed by atoms with van der Waals surface area (Å²) in [6, 6.07) is 17.1. The van der Waals surface area contributed by atoms with Gasteiger partial charge in [0.1, 0.15) is 17.3 Å². The smallest absolute Gasteiger partial charge is 0.301 e. The van der Waals surface area contributed by atoms with E-state index in [4.69, 9.17) is 16.3 Å². The van der Waals surface area contributed by atoms with Crippen molar-refractivity contribution in [2.24, 2.45) is 0 Å². The van der Waals surface area contributed by atoms with Crippen molar-refractivity contribution in [3.8, 4) is 11.5 Å². The van der Waals surface area contributed by atoms with Gasteiger partial charge < -0.3 is 14.9 Å². The number of ketones is 1. The van der Waals surface area contributed by atoms with Gasteiger partial charge in [-0.25, -0.2) is 4.98 Å². The molecule has 1 fully saturated rings. The van der Waals surface area contributed by atoms with Crippen LogP contribution in [0.5, 0.6) is 11.5 Å². The maximum absolute atomic E-state index is 13.4. The van der Waals surface area contributed by atoms with Crippen LogP contribution in [0.1, 0.15) is 31.0 Å². The Hall–Kier alpha value is -3.88. The number of aliphatic hydroxyl groups excluding tert-OH is 1. The summed E-state index contributed by atoms with van der Waals surface area (Å²) in [5.74, 6) is -1.42. The number of anilines is 1. The number of hydrogen-bond donors (Lipinski definition) is 2. The summed E-state index contributed by atoms with van der Waals surface area (Å²) in [5, 5.41) is 22.0. The highest BCUT2D eigenvalue weighted by molar-refractivity contribution is 7.22. The summed E-state index contributed by atoms with van der Waals surface area (Å²) in [6.45, 7) is 3.77. The molecule has 5 rings (SSSR count). The van der Waals surface area contributed by atoms with Crippen LogP contribution in [0.3, 0.4) is 0 Å². The number of nitrogens with zero attached hydrogens (tertiary/aromatic N) is 2. The zero-order valence-corrected chi connectivity index (χ0v) is 20.9. The molecule has 0 spiro atoms. The molecule has 1 saturated heterocycles. The number of aromatic hydroxyl groups is 1. The summed E-state index contributed by atoms with van der Waals surface area (Å²) < 4.78 is 6.48. The average Bonchev–Trinajstić information content (AvgIpc) is 3.36. The molecule has 0 saturated carbocycles. The second kappa shape index (κ2) is 9.29. The largest absolute Gasteiger partial charge is 0.508 e. The summed E-state index contributed by atoms with van der Waals surface area (Å²) in [7, 11) is 0. The van der Waals surface area contributed by atoms with Gasteiger partial charge in [0, 0.05) is 10.6 Å². The number of fused-ring (bicyclic) bond motifs is 1. The van der Waals surface area contributed by atoms with Crippen molar-refractivity contribution in [2.45, 2.75) is 26.0 Å². The predicted octanol–water partition coefficient (Wildman–Crippen LogP) is 6.07. The van der Waals surface area contributed by atoms with Gasteiger partial charge >= 0.3 is 5.91 Å². The lowest BCUT2D eigenvalue weighted by Crippen LogP contribution is -2.29. The topological polar surface area (TPSA) is 100.0 Å². The molecule has 7 nitrogen and oxygen atoms in total. The number of thiazole rings is 1.